The van der Waals surface area contributed by atoms with Crippen molar-refractivity contribution in [2.75, 3.05) is 31.6 Å². The molecule has 0 atom stereocenters. The van der Waals surface area contributed by atoms with Crippen molar-refractivity contribution >= 4 is 39.2 Å². The zero-order chi connectivity index (χ0) is 22.2. The summed E-state index contributed by atoms with van der Waals surface area (Å²) in [7, 11) is 1.49. The number of fused-ring (bicyclic) bond motifs is 2. The van der Waals surface area contributed by atoms with E-state index in [9.17, 15) is 14.4 Å². The number of nitrogens with one attached hydrogen (secondary N) is 1. The molecule has 2 amide bonds. The summed E-state index contributed by atoms with van der Waals surface area (Å²) < 4.78 is 12.3. The fourth-order valence-corrected chi connectivity index (χ4v) is 3.87. The number of hydrogen-bond acceptors (Lipinski definition) is 6. The van der Waals surface area contributed by atoms with Crippen molar-refractivity contribution in [1.82, 2.24) is 14.7 Å². The van der Waals surface area contributed by atoms with Crippen molar-refractivity contribution in [3.8, 4) is 0 Å². The van der Waals surface area contributed by atoms with Gasteiger partial charge in [0.2, 0.25) is 5.76 Å². The Morgan fingerprint density at radius 3 is 2.38 bits per heavy atom. The number of aryl methyl sites for hydroxylation is 1. The molecule has 3 heterocycles. The molecule has 1 aliphatic heterocycles. The molecule has 1 N–H and O–H groups in total. The maximum atomic E-state index is 13.3. The van der Waals surface area contributed by atoms with E-state index in [0.717, 1.165) is 4.68 Å². The summed E-state index contributed by atoms with van der Waals surface area (Å²) in [5.74, 6) is -0.812. The number of rotatable bonds is 3. The zero-order valence-electron chi connectivity index (χ0n) is 17.3. The minimum absolute atomic E-state index is 0.0515. The number of nitrogens with zero attached hydrogens (tertiary/aromatic N) is 3. The van der Waals surface area contributed by atoms with Gasteiger partial charge in [-0.1, -0.05) is 30.3 Å². The van der Waals surface area contributed by atoms with Crippen LogP contribution in [0.25, 0.3) is 21.7 Å². The van der Waals surface area contributed by atoms with Crippen LogP contribution in [0.15, 0.2) is 57.7 Å². The number of amides is 2. The van der Waals surface area contributed by atoms with E-state index in [4.69, 9.17) is 9.15 Å². The van der Waals surface area contributed by atoms with E-state index in [1.54, 1.807) is 53.4 Å². The van der Waals surface area contributed by atoms with Gasteiger partial charge in [-0.2, -0.15) is 5.10 Å². The normalized spacial score (nSPS) is 14.1. The predicted octanol–water partition coefficient (Wildman–Crippen LogP) is 2.40. The molecule has 1 aliphatic rings. The molecule has 0 radical (unpaired) electrons. The van der Waals surface area contributed by atoms with Crippen LogP contribution in [0, 0.1) is 0 Å². The quantitative estimate of drug-likeness (QED) is 0.533. The van der Waals surface area contributed by atoms with Gasteiger partial charge in [0, 0.05) is 30.9 Å². The molecule has 32 heavy (non-hydrogen) atoms. The highest BCUT2D eigenvalue weighted by Gasteiger charge is 2.28. The Morgan fingerprint density at radius 1 is 0.969 bits per heavy atom. The summed E-state index contributed by atoms with van der Waals surface area (Å²) in [6, 6.07) is 13.9. The summed E-state index contributed by atoms with van der Waals surface area (Å²) in [5, 5.41) is 8.42. The van der Waals surface area contributed by atoms with E-state index in [1.807, 2.05) is 0 Å². The summed E-state index contributed by atoms with van der Waals surface area (Å²) in [5.41, 5.74) is 0.548. The second-order valence-corrected chi connectivity index (χ2v) is 7.48. The largest absolute Gasteiger partial charge is 0.449 e. The molecule has 162 valence electrons. The molecule has 0 bridgehead atoms. The third kappa shape index (κ3) is 3.32. The van der Waals surface area contributed by atoms with E-state index >= 15 is 0 Å². The van der Waals surface area contributed by atoms with Crippen LogP contribution in [0.2, 0.25) is 0 Å². The number of benzene rings is 2. The molecule has 0 saturated carbocycles. The van der Waals surface area contributed by atoms with Crippen molar-refractivity contribution < 1.29 is 18.7 Å². The Morgan fingerprint density at radius 2 is 1.62 bits per heavy atom. The predicted molar refractivity (Wildman–Crippen MR) is 118 cm³/mol. The summed E-state index contributed by atoms with van der Waals surface area (Å²) in [6.07, 6.45) is 0. The first-order valence-corrected chi connectivity index (χ1v) is 10.2. The van der Waals surface area contributed by atoms with Gasteiger partial charge in [-0.15, -0.1) is 0 Å². The van der Waals surface area contributed by atoms with E-state index in [-0.39, 0.29) is 28.6 Å². The van der Waals surface area contributed by atoms with Gasteiger partial charge in [0.25, 0.3) is 17.4 Å². The SMILES string of the molecule is Cn1nc(C(=O)Nc2c(C(=O)N3CCOCC3)oc3ccccc23)c2ccccc2c1=O. The molecule has 1 fully saturated rings. The van der Waals surface area contributed by atoms with Crippen LogP contribution in [-0.2, 0) is 11.8 Å². The smallest absolute Gasteiger partial charge is 0.291 e. The van der Waals surface area contributed by atoms with Crippen molar-refractivity contribution in [3.05, 3.63) is 70.3 Å². The third-order valence-corrected chi connectivity index (χ3v) is 5.50. The molecule has 5 rings (SSSR count). The lowest BCUT2D eigenvalue weighted by atomic mass is 10.1. The summed E-state index contributed by atoms with van der Waals surface area (Å²) in [4.78, 5) is 40.5. The topological polar surface area (TPSA) is 107 Å². The van der Waals surface area contributed by atoms with Gasteiger partial charge >= 0.3 is 0 Å². The minimum Gasteiger partial charge on any atom is -0.449 e. The second kappa shape index (κ2) is 7.93. The van der Waals surface area contributed by atoms with Crippen LogP contribution >= 0.6 is 0 Å². The number of ether oxygens (including phenoxy) is 1. The average Bonchev–Trinajstić information content (AvgIpc) is 3.19. The van der Waals surface area contributed by atoms with Crippen LogP contribution in [0.4, 0.5) is 5.69 Å². The first-order valence-electron chi connectivity index (χ1n) is 10.2. The lowest BCUT2D eigenvalue weighted by Crippen LogP contribution is -2.40. The first-order chi connectivity index (χ1) is 15.5. The average molecular weight is 432 g/mol. The molecular formula is C23H20N4O5. The van der Waals surface area contributed by atoms with Crippen molar-refractivity contribution in [2.24, 2.45) is 7.05 Å². The number of furan rings is 1. The van der Waals surface area contributed by atoms with Gasteiger partial charge in [-0.25, -0.2) is 4.68 Å². The van der Waals surface area contributed by atoms with E-state index in [1.165, 1.54) is 7.05 Å². The van der Waals surface area contributed by atoms with Crippen LogP contribution in [-0.4, -0.2) is 52.8 Å². The highest BCUT2D eigenvalue weighted by atomic mass is 16.5. The Hall–Kier alpha value is -3.98. The van der Waals surface area contributed by atoms with Gasteiger partial charge in [0.15, 0.2) is 5.69 Å². The Balaban J connectivity index is 1.59. The molecule has 2 aromatic carbocycles. The van der Waals surface area contributed by atoms with Crippen molar-refractivity contribution in [3.63, 3.8) is 0 Å². The van der Waals surface area contributed by atoms with Gasteiger partial charge in [-0.05, 0) is 18.2 Å². The van der Waals surface area contributed by atoms with E-state index in [0.29, 0.717) is 48.0 Å². The van der Waals surface area contributed by atoms with Crippen LogP contribution in [0.3, 0.4) is 0 Å². The lowest BCUT2D eigenvalue weighted by molar-refractivity contribution is 0.0285. The number of anilines is 1. The summed E-state index contributed by atoms with van der Waals surface area (Å²) in [6.45, 7) is 1.77. The first kappa shape index (κ1) is 20.0. The van der Waals surface area contributed by atoms with Gasteiger partial charge in [0.1, 0.15) is 11.3 Å². The fourth-order valence-electron chi connectivity index (χ4n) is 3.87. The molecule has 9 nitrogen and oxygen atoms in total. The summed E-state index contributed by atoms with van der Waals surface area (Å²) >= 11 is 0. The van der Waals surface area contributed by atoms with E-state index in [2.05, 4.69) is 10.4 Å². The number of morpholine rings is 1. The zero-order valence-corrected chi connectivity index (χ0v) is 17.3. The van der Waals surface area contributed by atoms with Crippen LogP contribution in [0.1, 0.15) is 21.0 Å². The maximum Gasteiger partial charge on any atom is 0.291 e. The standard InChI is InChI=1S/C23H20N4O5/c1-26-22(29)15-7-3-2-6-14(15)19(25-26)21(28)24-18-16-8-4-5-9-17(16)32-20(18)23(30)27-10-12-31-13-11-27/h2-9H,10-13H2,1H3,(H,24,28). The Bertz CT molecular complexity index is 1420. The second-order valence-electron chi connectivity index (χ2n) is 7.48. The number of hydrogen-bond donors (Lipinski definition) is 1. The maximum absolute atomic E-state index is 13.3. The number of carbonyl (C=O) groups excluding carboxylic acids is 2. The van der Waals surface area contributed by atoms with Crippen LogP contribution < -0.4 is 10.9 Å². The molecule has 0 spiro atoms. The Kier molecular flexibility index (Phi) is 4.95. The van der Waals surface area contributed by atoms with Gasteiger partial charge in [0.05, 0.1) is 18.6 Å². The molecule has 0 aliphatic carbocycles. The molecule has 1 saturated heterocycles. The Labute approximate surface area is 182 Å². The molecule has 0 unspecified atom stereocenters. The number of para-hydroxylation sites is 1. The minimum atomic E-state index is -0.542. The van der Waals surface area contributed by atoms with Gasteiger partial charge < -0.3 is 19.4 Å². The highest BCUT2D eigenvalue weighted by molar-refractivity contribution is 6.17. The van der Waals surface area contributed by atoms with Crippen LogP contribution in [0.5, 0.6) is 0 Å². The molecular weight excluding hydrogens is 412 g/mol. The third-order valence-electron chi connectivity index (χ3n) is 5.50. The fraction of sp³-hybridized carbons (Fsp3) is 0.217. The van der Waals surface area contributed by atoms with Gasteiger partial charge in [-0.3, -0.25) is 14.4 Å². The highest BCUT2D eigenvalue weighted by Crippen LogP contribution is 2.32. The lowest BCUT2D eigenvalue weighted by Gasteiger charge is -2.26. The molecule has 4 aromatic rings. The van der Waals surface area contributed by atoms with Crippen molar-refractivity contribution in [2.45, 2.75) is 0 Å². The number of carbonyl (C=O) groups is 2. The number of aromatic nitrogens is 2. The monoisotopic (exact) mass is 432 g/mol. The molecule has 9 heteroatoms. The molecule has 2 aromatic heterocycles. The van der Waals surface area contributed by atoms with Crippen molar-refractivity contribution in [1.29, 1.82) is 0 Å². The van der Waals surface area contributed by atoms with E-state index < -0.39 is 5.91 Å².